The molecule has 9 heteroatoms. The van der Waals surface area contributed by atoms with Crippen LogP contribution in [0.4, 0.5) is 23.4 Å². The van der Waals surface area contributed by atoms with Gasteiger partial charge < -0.3 is 9.88 Å². The summed E-state index contributed by atoms with van der Waals surface area (Å²) in [4.78, 5) is 21.4. The maximum Gasteiger partial charge on any atom is 0.266 e. The second-order valence-corrected chi connectivity index (χ2v) is 8.82. The number of fused-ring (bicyclic) bond motifs is 2. The minimum absolute atomic E-state index is 0.0790. The van der Waals surface area contributed by atoms with Crippen molar-refractivity contribution in [3.63, 3.8) is 0 Å². The first kappa shape index (κ1) is 20.9. The number of nitrogens with one attached hydrogen (secondary N) is 1. The number of pyridine rings is 1. The molecule has 1 aromatic carbocycles. The van der Waals surface area contributed by atoms with Crippen LogP contribution >= 0.6 is 0 Å². The normalized spacial score (nSPS) is 25.2. The van der Waals surface area contributed by atoms with Gasteiger partial charge in [0.2, 0.25) is 0 Å². The van der Waals surface area contributed by atoms with Crippen LogP contribution in [0.15, 0.2) is 35.5 Å². The molecule has 4 atom stereocenters. The molecule has 5 nitrogen and oxygen atoms in total. The third-order valence-electron chi connectivity index (χ3n) is 7.08. The maximum absolute atomic E-state index is 14.6. The van der Waals surface area contributed by atoms with Crippen molar-refractivity contribution in [3.05, 3.63) is 63.6 Å². The standard InChI is InChI=1S/C23H22F4N4O/c1-11-19-15(9-31(22(11)32)17-8-23(27)7-6-16(17)23)21(29-10-28-19)30-12(2)13-4-3-5-14(18(13)24)20(25)26/h3-5,9-10,12,16-17,20H,6-8H2,1-2H3,(H,28,29,30)/t12-,16?,17?,23?/m1/s1. The summed E-state index contributed by atoms with van der Waals surface area (Å²) in [7, 11) is 0. The van der Waals surface area contributed by atoms with Crippen LogP contribution in [-0.2, 0) is 0 Å². The summed E-state index contributed by atoms with van der Waals surface area (Å²) in [6, 6.07) is 2.99. The SMILES string of the molecule is Cc1c(=O)n(C2CC3(F)CCC23)cc2c(N[C@H](C)c3cccc(C(F)F)c3F)ncnc12. The first-order valence-electron chi connectivity index (χ1n) is 10.6. The fourth-order valence-electron chi connectivity index (χ4n) is 5.06. The Bertz CT molecular complexity index is 1280. The molecule has 3 unspecified atom stereocenters. The minimum atomic E-state index is -2.92. The van der Waals surface area contributed by atoms with Gasteiger partial charge in [0.05, 0.1) is 22.5 Å². The van der Waals surface area contributed by atoms with Gasteiger partial charge in [0.25, 0.3) is 12.0 Å². The predicted octanol–water partition coefficient (Wildman–Crippen LogP) is 5.41. The number of hydrogen-bond acceptors (Lipinski definition) is 4. The molecule has 0 aliphatic heterocycles. The van der Waals surface area contributed by atoms with E-state index < -0.39 is 29.5 Å². The molecule has 3 aromatic rings. The Morgan fingerprint density at radius 3 is 2.62 bits per heavy atom. The molecule has 2 saturated carbocycles. The molecular weight excluding hydrogens is 424 g/mol. The average Bonchev–Trinajstić information content (AvgIpc) is 2.75. The highest BCUT2D eigenvalue weighted by Crippen LogP contribution is 2.62. The maximum atomic E-state index is 14.6. The van der Waals surface area contributed by atoms with Gasteiger partial charge in [-0.1, -0.05) is 18.2 Å². The van der Waals surface area contributed by atoms with E-state index in [1.165, 1.54) is 18.5 Å². The summed E-state index contributed by atoms with van der Waals surface area (Å²) in [5.41, 5.74) is -1.10. The van der Waals surface area contributed by atoms with E-state index in [1.807, 2.05) is 0 Å². The number of alkyl halides is 3. The Hall–Kier alpha value is -2.97. The Balaban J connectivity index is 1.54. The van der Waals surface area contributed by atoms with Gasteiger partial charge in [0, 0.05) is 35.7 Å². The summed E-state index contributed by atoms with van der Waals surface area (Å²) in [6.07, 6.45) is 1.59. The molecule has 5 rings (SSSR count). The molecule has 0 bridgehead atoms. The van der Waals surface area contributed by atoms with Gasteiger partial charge in [0.1, 0.15) is 23.6 Å². The number of halogens is 4. The highest BCUT2D eigenvalue weighted by atomic mass is 19.3. The Labute approximate surface area is 181 Å². The van der Waals surface area contributed by atoms with Crippen molar-refractivity contribution >= 4 is 16.7 Å². The number of aryl methyl sites for hydroxylation is 1. The van der Waals surface area contributed by atoms with Crippen LogP contribution in [0.2, 0.25) is 0 Å². The van der Waals surface area contributed by atoms with Crippen molar-refractivity contribution in [2.45, 2.75) is 57.3 Å². The van der Waals surface area contributed by atoms with Crippen LogP contribution in [-0.4, -0.2) is 20.2 Å². The van der Waals surface area contributed by atoms with Crippen molar-refractivity contribution in [3.8, 4) is 0 Å². The topological polar surface area (TPSA) is 59.8 Å². The summed E-state index contributed by atoms with van der Waals surface area (Å²) in [5, 5.41) is 3.61. The van der Waals surface area contributed by atoms with Crippen molar-refractivity contribution in [2.24, 2.45) is 5.92 Å². The number of rotatable bonds is 5. The Morgan fingerprint density at radius 1 is 1.25 bits per heavy atom. The zero-order chi connectivity index (χ0) is 22.8. The number of aromatic nitrogens is 3. The number of hydrogen-bond donors (Lipinski definition) is 1. The fraction of sp³-hybridized carbons (Fsp3) is 0.435. The first-order valence-corrected chi connectivity index (χ1v) is 10.6. The molecule has 2 aliphatic carbocycles. The van der Waals surface area contributed by atoms with Crippen molar-refractivity contribution in [1.29, 1.82) is 0 Å². The van der Waals surface area contributed by atoms with Crippen LogP contribution in [0.25, 0.3) is 10.9 Å². The van der Waals surface area contributed by atoms with Gasteiger partial charge in [-0.25, -0.2) is 27.5 Å². The molecule has 0 spiro atoms. The monoisotopic (exact) mass is 446 g/mol. The largest absolute Gasteiger partial charge is 0.363 e. The minimum Gasteiger partial charge on any atom is -0.363 e. The van der Waals surface area contributed by atoms with Gasteiger partial charge in [-0.3, -0.25) is 4.79 Å². The Kier molecular flexibility index (Phi) is 4.76. The van der Waals surface area contributed by atoms with Gasteiger partial charge in [-0.05, 0) is 26.7 Å². The zero-order valence-electron chi connectivity index (χ0n) is 17.6. The number of nitrogens with zero attached hydrogens (tertiary/aromatic N) is 3. The molecule has 2 aromatic heterocycles. The molecule has 2 fully saturated rings. The van der Waals surface area contributed by atoms with Crippen LogP contribution in [0.3, 0.4) is 0 Å². The lowest BCUT2D eigenvalue weighted by Gasteiger charge is -2.58. The predicted molar refractivity (Wildman–Crippen MR) is 112 cm³/mol. The van der Waals surface area contributed by atoms with Gasteiger partial charge in [-0.2, -0.15) is 0 Å². The molecule has 32 heavy (non-hydrogen) atoms. The summed E-state index contributed by atoms with van der Waals surface area (Å²) in [5.74, 6) is -0.781. The Morgan fingerprint density at radius 2 is 2.00 bits per heavy atom. The van der Waals surface area contributed by atoms with Crippen molar-refractivity contribution in [1.82, 2.24) is 14.5 Å². The van der Waals surface area contributed by atoms with E-state index in [9.17, 15) is 22.4 Å². The third-order valence-corrected chi connectivity index (χ3v) is 7.08. The summed E-state index contributed by atoms with van der Waals surface area (Å²) >= 11 is 0. The molecular formula is C23H22F4N4O. The van der Waals surface area contributed by atoms with Crippen molar-refractivity contribution in [2.75, 3.05) is 5.32 Å². The fourth-order valence-corrected chi connectivity index (χ4v) is 5.06. The summed E-state index contributed by atoms with van der Waals surface area (Å²) in [6.45, 7) is 3.30. The average molecular weight is 446 g/mol. The quantitative estimate of drug-likeness (QED) is 0.532. The molecule has 2 heterocycles. The smallest absolute Gasteiger partial charge is 0.266 e. The van der Waals surface area contributed by atoms with E-state index >= 15 is 0 Å². The van der Waals surface area contributed by atoms with E-state index in [1.54, 1.807) is 24.6 Å². The number of benzene rings is 1. The van der Waals surface area contributed by atoms with Gasteiger partial charge >= 0.3 is 0 Å². The second kappa shape index (κ2) is 7.28. The molecule has 2 aliphatic rings. The van der Waals surface area contributed by atoms with E-state index in [0.717, 1.165) is 12.5 Å². The highest BCUT2D eigenvalue weighted by molar-refractivity contribution is 5.90. The van der Waals surface area contributed by atoms with E-state index in [2.05, 4.69) is 15.3 Å². The van der Waals surface area contributed by atoms with E-state index in [4.69, 9.17) is 0 Å². The van der Waals surface area contributed by atoms with Crippen LogP contribution in [0.1, 0.15) is 61.4 Å². The number of anilines is 1. The van der Waals surface area contributed by atoms with Crippen molar-refractivity contribution < 1.29 is 17.6 Å². The van der Waals surface area contributed by atoms with E-state index in [0.29, 0.717) is 35.1 Å². The lowest BCUT2D eigenvalue weighted by molar-refractivity contribution is -0.144. The molecule has 1 N–H and O–H groups in total. The molecule has 0 radical (unpaired) electrons. The van der Waals surface area contributed by atoms with Crippen LogP contribution in [0.5, 0.6) is 0 Å². The second-order valence-electron chi connectivity index (χ2n) is 8.82. The third kappa shape index (κ3) is 3.01. The van der Waals surface area contributed by atoms with Crippen LogP contribution in [0, 0.1) is 18.7 Å². The lowest BCUT2D eigenvalue weighted by Crippen LogP contribution is -2.60. The van der Waals surface area contributed by atoms with Gasteiger partial charge in [-0.15, -0.1) is 0 Å². The molecule has 168 valence electrons. The van der Waals surface area contributed by atoms with E-state index in [-0.39, 0.29) is 23.1 Å². The molecule has 0 amide bonds. The zero-order valence-corrected chi connectivity index (χ0v) is 17.6. The summed E-state index contributed by atoms with van der Waals surface area (Å²) < 4.78 is 56.9. The lowest BCUT2D eigenvalue weighted by atomic mass is 9.54. The highest BCUT2D eigenvalue weighted by Gasteiger charge is 2.61. The van der Waals surface area contributed by atoms with Crippen LogP contribution < -0.4 is 10.9 Å². The molecule has 0 saturated heterocycles. The first-order chi connectivity index (χ1) is 15.2. The van der Waals surface area contributed by atoms with Gasteiger partial charge in [0.15, 0.2) is 0 Å².